The van der Waals surface area contributed by atoms with E-state index in [0.29, 0.717) is 0 Å². The van der Waals surface area contributed by atoms with Crippen LogP contribution in [0.25, 0.3) is 0 Å². The predicted octanol–water partition coefficient (Wildman–Crippen LogP) is 2.27. The molecule has 0 spiro atoms. The number of rotatable bonds is 1. The van der Waals surface area contributed by atoms with Gasteiger partial charge in [-0.05, 0) is 13.8 Å². The van der Waals surface area contributed by atoms with Gasteiger partial charge in [0.05, 0.1) is 0 Å². The maximum Gasteiger partial charge on any atom is 0.330 e. The zero-order valence-electron chi connectivity index (χ0n) is 8.97. The summed E-state index contributed by atoms with van der Waals surface area (Å²) in [5, 5.41) is 7.89. The Morgan fingerprint density at radius 3 is 1.31 bits per heavy atom. The van der Waals surface area contributed by atoms with Gasteiger partial charge in [0.15, 0.2) is 0 Å². The normalized spacial score (nSPS) is 9.62. The second-order valence-corrected chi connectivity index (χ2v) is 3.89. The van der Waals surface area contributed by atoms with Crippen LogP contribution in [0.1, 0.15) is 34.6 Å². The molecule has 0 amide bonds. The molecule has 0 heterocycles. The van der Waals surface area contributed by atoms with Gasteiger partial charge in [-0.1, -0.05) is 27.4 Å². The third kappa shape index (κ3) is 10.9. The molecular weight excluding hydrogens is 168 g/mol. The molecule has 1 N–H and O–H groups in total. The van der Waals surface area contributed by atoms with Gasteiger partial charge in [0.1, 0.15) is 5.78 Å². The first-order valence-corrected chi connectivity index (χ1v) is 3.99. The van der Waals surface area contributed by atoms with Crippen molar-refractivity contribution in [3.05, 3.63) is 12.2 Å². The van der Waals surface area contributed by atoms with Crippen molar-refractivity contribution in [3.63, 3.8) is 0 Å². The largest absolute Gasteiger partial charge is 0.478 e. The molecule has 0 saturated heterocycles. The van der Waals surface area contributed by atoms with Crippen LogP contribution in [0, 0.1) is 5.41 Å². The van der Waals surface area contributed by atoms with Crippen LogP contribution in [0.3, 0.4) is 0 Å². The predicted molar refractivity (Wildman–Crippen MR) is 52.6 cm³/mol. The minimum Gasteiger partial charge on any atom is -0.478 e. The van der Waals surface area contributed by atoms with Crippen molar-refractivity contribution in [1.29, 1.82) is 0 Å². The summed E-state index contributed by atoms with van der Waals surface area (Å²) in [7, 11) is 0. The second kappa shape index (κ2) is 5.51. The smallest absolute Gasteiger partial charge is 0.330 e. The Bertz CT molecular complexity index is 197. The molecule has 0 aliphatic carbocycles. The molecule has 13 heavy (non-hydrogen) atoms. The lowest BCUT2D eigenvalue weighted by Crippen LogP contribution is -2.15. The van der Waals surface area contributed by atoms with Crippen LogP contribution in [-0.2, 0) is 9.59 Å². The first-order chi connectivity index (χ1) is 5.59. The van der Waals surface area contributed by atoms with E-state index < -0.39 is 5.97 Å². The molecule has 0 aromatic rings. The van der Waals surface area contributed by atoms with Gasteiger partial charge in [0, 0.05) is 11.0 Å². The second-order valence-electron chi connectivity index (χ2n) is 3.89. The maximum absolute atomic E-state index is 10.5. The third-order valence-electron chi connectivity index (χ3n) is 1.42. The number of ketones is 1. The Labute approximate surface area is 79.5 Å². The molecule has 0 unspecified atom stereocenters. The first kappa shape index (κ1) is 14.4. The van der Waals surface area contributed by atoms with Crippen LogP contribution in [0.5, 0.6) is 0 Å². The number of carboxylic acid groups (broad SMARTS) is 1. The number of hydrogen-bond acceptors (Lipinski definition) is 2. The third-order valence-corrected chi connectivity index (χ3v) is 1.42. The van der Waals surface area contributed by atoms with Gasteiger partial charge < -0.3 is 5.11 Å². The SMILES string of the molecule is C=C(C)C(=O)O.CC(=O)C(C)(C)C. The van der Waals surface area contributed by atoms with Crippen LogP contribution in [0.4, 0.5) is 0 Å². The van der Waals surface area contributed by atoms with Gasteiger partial charge in [-0.3, -0.25) is 4.79 Å². The summed E-state index contributed by atoms with van der Waals surface area (Å²) in [5.41, 5.74) is 0.0370. The van der Waals surface area contributed by atoms with E-state index in [1.807, 2.05) is 20.8 Å². The highest BCUT2D eigenvalue weighted by molar-refractivity contribution is 5.84. The molecule has 0 aliphatic heterocycles. The fourth-order valence-corrected chi connectivity index (χ4v) is 0. The van der Waals surface area contributed by atoms with E-state index in [1.165, 1.54) is 6.92 Å². The Balaban J connectivity index is 0. The number of Topliss-reactive ketones (excluding diaryl/α,β-unsaturated/α-hetero) is 1. The fraction of sp³-hybridized carbons (Fsp3) is 0.600. The monoisotopic (exact) mass is 186 g/mol. The van der Waals surface area contributed by atoms with Gasteiger partial charge in [0.25, 0.3) is 0 Å². The zero-order chi connectivity index (χ0) is 11.2. The fourth-order valence-electron chi connectivity index (χ4n) is 0. The van der Waals surface area contributed by atoms with Gasteiger partial charge in [0.2, 0.25) is 0 Å². The van der Waals surface area contributed by atoms with Crippen LogP contribution in [-0.4, -0.2) is 16.9 Å². The molecule has 3 heteroatoms. The Hall–Kier alpha value is -1.12. The molecular formula is C10H18O3. The van der Waals surface area contributed by atoms with E-state index >= 15 is 0 Å². The highest BCUT2D eigenvalue weighted by Gasteiger charge is 2.14. The molecule has 0 aromatic carbocycles. The lowest BCUT2D eigenvalue weighted by molar-refractivity contribution is -0.132. The standard InChI is InChI=1S/C6H12O.C4H6O2/c1-5(7)6(2,3)4;1-3(2)4(5)6/h1-4H3;1H2,2H3,(H,5,6). The highest BCUT2D eigenvalue weighted by Crippen LogP contribution is 2.12. The topological polar surface area (TPSA) is 54.4 Å². The maximum atomic E-state index is 10.5. The minimum absolute atomic E-state index is 0.139. The Kier molecular flexibility index (Phi) is 6.11. The number of hydrogen-bond donors (Lipinski definition) is 1. The summed E-state index contributed by atoms with van der Waals surface area (Å²) in [6.07, 6.45) is 0. The number of carbonyl (C=O) groups excluding carboxylic acids is 1. The van der Waals surface area contributed by atoms with Gasteiger partial charge in [-0.25, -0.2) is 4.79 Å². The van der Waals surface area contributed by atoms with Crippen LogP contribution < -0.4 is 0 Å². The number of carbonyl (C=O) groups is 2. The molecule has 0 fully saturated rings. The van der Waals surface area contributed by atoms with Crippen LogP contribution >= 0.6 is 0 Å². The van der Waals surface area contributed by atoms with E-state index in [0.717, 1.165) is 0 Å². The summed E-state index contributed by atoms with van der Waals surface area (Å²) in [4.78, 5) is 20.1. The van der Waals surface area contributed by atoms with E-state index in [4.69, 9.17) is 5.11 Å². The van der Waals surface area contributed by atoms with Crippen molar-refractivity contribution < 1.29 is 14.7 Å². The molecule has 0 aliphatic rings. The Morgan fingerprint density at radius 2 is 1.31 bits per heavy atom. The lowest BCUT2D eigenvalue weighted by Gasteiger charge is -2.11. The summed E-state index contributed by atoms with van der Waals surface area (Å²) < 4.78 is 0. The van der Waals surface area contributed by atoms with Crippen molar-refractivity contribution in [1.82, 2.24) is 0 Å². The van der Waals surface area contributed by atoms with E-state index in [1.54, 1.807) is 6.92 Å². The van der Waals surface area contributed by atoms with E-state index in [-0.39, 0.29) is 16.8 Å². The van der Waals surface area contributed by atoms with Crippen molar-refractivity contribution in [2.24, 2.45) is 5.41 Å². The molecule has 0 bridgehead atoms. The van der Waals surface area contributed by atoms with Gasteiger partial charge in [-0.2, -0.15) is 0 Å². The van der Waals surface area contributed by atoms with Gasteiger partial charge in [-0.15, -0.1) is 0 Å². The zero-order valence-corrected chi connectivity index (χ0v) is 8.97. The van der Waals surface area contributed by atoms with Crippen molar-refractivity contribution in [3.8, 4) is 0 Å². The summed E-state index contributed by atoms with van der Waals surface area (Å²) in [5.74, 6) is -0.692. The highest BCUT2D eigenvalue weighted by atomic mass is 16.4. The number of aliphatic carboxylic acids is 1. The quantitative estimate of drug-likeness (QED) is 0.639. The average molecular weight is 186 g/mol. The Morgan fingerprint density at radius 1 is 1.15 bits per heavy atom. The molecule has 0 saturated carbocycles. The lowest BCUT2D eigenvalue weighted by atomic mass is 9.92. The van der Waals surface area contributed by atoms with E-state index in [9.17, 15) is 9.59 Å². The van der Waals surface area contributed by atoms with Crippen LogP contribution in [0.15, 0.2) is 12.2 Å². The first-order valence-electron chi connectivity index (χ1n) is 3.99. The molecule has 0 aromatic heterocycles. The van der Waals surface area contributed by atoms with Crippen LogP contribution in [0.2, 0.25) is 0 Å². The van der Waals surface area contributed by atoms with Gasteiger partial charge >= 0.3 is 5.97 Å². The molecule has 76 valence electrons. The number of carboxylic acids is 1. The van der Waals surface area contributed by atoms with Crippen molar-refractivity contribution >= 4 is 11.8 Å². The molecule has 0 atom stereocenters. The molecule has 0 rings (SSSR count). The summed E-state index contributed by atoms with van der Waals surface area (Å²) >= 11 is 0. The van der Waals surface area contributed by atoms with E-state index in [2.05, 4.69) is 6.58 Å². The molecule has 3 nitrogen and oxygen atoms in total. The summed E-state index contributed by atoms with van der Waals surface area (Å²) in [6.45, 7) is 11.9. The van der Waals surface area contributed by atoms with Crippen molar-refractivity contribution in [2.75, 3.05) is 0 Å². The minimum atomic E-state index is -0.935. The van der Waals surface area contributed by atoms with Crippen molar-refractivity contribution in [2.45, 2.75) is 34.6 Å². The molecule has 0 radical (unpaired) electrons. The average Bonchev–Trinajstić information content (AvgIpc) is 1.86. The summed E-state index contributed by atoms with van der Waals surface area (Å²) in [6, 6.07) is 0.